The Balaban J connectivity index is 2.06. The van der Waals surface area contributed by atoms with E-state index in [9.17, 15) is 4.79 Å². The van der Waals surface area contributed by atoms with Crippen molar-refractivity contribution >= 4 is 17.4 Å². The highest BCUT2D eigenvalue weighted by atomic mass is 16.1. The minimum Gasteiger partial charge on any atom is -0.349 e. The molecule has 1 atom stereocenters. The maximum absolute atomic E-state index is 12.8. The van der Waals surface area contributed by atoms with Crippen molar-refractivity contribution in [1.82, 2.24) is 15.3 Å². The molecule has 0 unspecified atom stereocenters. The van der Waals surface area contributed by atoms with Crippen molar-refractivity contribution in [2.75, 3.05) is 11.9 Å². The van der Waals surface area contributed by atoms with Gasteiger partial charge in [0.15, 0.2) is 5.82 Å². The first-order valence-electron chi connectivity index (χ1n) is 9.12. The summed E-state index contributed by atoms with van der Waals surface area (Å²) in [6, 6.07) is 19.7. The van der Waals surface area contributed by atoms with E-state index in [1.54, 1.807) is 6.20 Å². The van der Waals surface area contributed by atoms with E-state index in [1.807, 2.05) is 86.5 Å². The van der Waals surface area contributed by atoms with E-state index in [0.717, 1.165) is 17.7 Å². The Bertz CT molecular complexity index is 897. The first-order chi connectivity index (χ1) is 13.1. The van der Waals surface area contributed by atoms with Crippen LogP contribution < -0.4 is 10.2 Å². The van der Waals surface area contributed by atoms with Crippen LogP contribution in [0.3, 0.4) is 0 Å². The number of carbonyl (C=O) groups is 1. The molecule has 0 aliphatic carbocycles. The van der Waals surface area contributed by atoms with Crippen molar-refractivity contribution in [2.24, 2.45) is 0 Å². The zero-order chi connectivity index (χ0) is 19.2. The Kier molecular flexibility index (Phi) is 5.81. The van der Waals surface area contributed by atoms with Gasteiger partial charge in [0.2, 0.25) is 0 Å². The molecule has 1 heterocycles. The number of rotatable bonds is 6. The van der Waals surface area contributed by atoms with Gasteiger partial charge in [-0.1, -0.05) is 55.5 Å². The number of amides is 1. The molecule has 3 rings (SSSR count). The highest BCUT2D eigenvalue weighted by Gasteiger charge is 2.20. The van der Waals surface area contributed by atoms with Gasteiger partial charge in [-0.3, -0.25) is 4.79 Å². The fourth-order valence-electron chi connectivity index (χ4n) is 2.69. The largest absolute Gasteiger partial charge is 0.349 e. The lowest BCUT2D eigenvalue weighted by molar-refractivity contribution is 0.0939. The normalized spacial score (nSPS) is 11.7. The molecule has 0 bridgehead atoms. The number of carbonyl (C=O) groups excluding carboxylic acids is 1. The number of hydrogen-bond donors (Lipinski definition) is 1. The second-order valence-corrected chi connectivity index (χ2v) is 6.47. The fraction of sp³-hybridized carbons (Fsp3) is 0.227. The summed E-state index contributed by atoms with van der Waals surface area (Å²) in [5.41, 5.74) is 2.32. The first kappa shape index (κ1) is 18.6. The summed E-state index contributed by atoms with van der Waals surface area (Å²) in [6.07, 6.45) is 2.47. The van der Waals surface area contributed by atoms with Crippen LogP contribution in [0.5, 0.6) is 0 Å². The fourth-order valence-corrected chi connectivity index (χ4v) is 2.69. The maximum Gasteiger partial charge on any atom is 0.256 e. The number of para-hydroxylation sites is 1. The molecule has 27 heavy (non-hydrogen) atoms. The summed E-state index contributed by atoms with van der Waals surface area (Å²) >= 11 is 0. The Morgan fingerprint density at radius 3 is 2.33 bits per heavy atom. The number of nitrogens with one attached hydrogen (secondary N) is 1. The van der Waals surface area contributed by atoms with Crippen LogP contribution in [0.4, 0.5) is 11.5 Å². The molecule has 0 radical (unpaired) electrons. The number of nitrogens with zero attached hydrogens (tertiary/aromatic N) is 3. The molecule has 0 saturated heterocycles. The second kappa shape index (κ2) is 8.45. The molecule has 3 aromatic rings. The summed E-state index contributed by atoms with van der Waals surface area (Å²) in [4.78, 5) is 23.9. The molecular weight excluding hydrogens is 336 g/mol. The van der Waals surface area contributed by atoms with Crippen molar-refractivity contribution in [3.8, 4) is 11.4 Å². The van der Waals surface area contributed by atoms with E-state index in [4.69, 9.17) is 4.98 Å². The number of benzene rings is 2. The third-order valence-electron chi connectivity index (χ3n) is 4.50. The van der Waals surface area contributed by atoms with Gasteiger partial charge in [-0.15, -0.1) is 0 Å². The van der Waals surface area contributed by atoms with Gasteiger partial charge in [-0.25, -0.2) is 9.97 Å². The summed E-state index contributed by atoms with van der Waals surface area (Å²) in [7, 11) is 1.91. The number of hydrogen-bond acceptors (Lipinski definition) is 4. The van der Waals surface area contributed by atoms with Crippen LogP contribution in [0.1, 0.15) is 30.6 Å². The minimum atomic E-state index is -0.165. The van der Waals surface area contributed by atoms with Crippen LogP contribution in [0.2, 0.25) is 0 Å². The van der Waals surface area contributed by atoms with Crippen LogP contribution in [-0.2, 0) is 0 Å². The average molecular weight is 360 g/mol. The summed E-state index contributed by atoms with van der Waals surface area (Å²) in [5.74, 6) is 1.01. The number of aromatic nitrogens is 2. The van der Waals surface area contributed by atoms with E-state index in [-0.39, 0.29) is 11.9 Å². The van der Waals surface area contributed by atoms with Gasteiger partial charge >= 0.3 is 0 Å². The van der Waals surface area contributed by atoms with Gasteiger partial charge in [0.05, 0.1) is 0 Å². The lowest BCUT2D eigenvalue weighted by Crippen LogP contribution is -2.33. The molecular formula is C22H24N4O. The maximum atomic E-state index is 12.8. The average Bonchev–Trinajstić information content (AvgIpc) is 2.73. The zero-order valence-electron chi connectivity index (χ0n) is 15.9. The molecule has 138 valence electrons. The minimum absolute atomic E-state index is 0.0844. The Morgan fingerprint density at radius 1 is 1.07 bits per heavy atom. The quantitative estimate of drug-likeness (QED) is 0.706. The van der Waals surface area contributed by atoms with Crippen molar-refractivity contribution in [1.29, 1.82) is 0 Å². The molecule has 0 fully saturated rings. The Morgan fingerprint density at radius 2 is 1.70 bits per heavy atom. The molecule has 0 aliphatic heterocycles. The van der Waals surface area contributed by atoms with E-state index in [2.05, 4.69) is 10.3 Å². The lowest BCUT2D eigenvalue weighted by atomic mass is 10.1. The van der Waals surface area contributed by atoms with Gasteiger partial charge in [0, 0.05) is 30.5 Å². The van der Waals surface area contributed by atoms with E-state index >= 15 is 0 Å². The zero-order valence-corrected chi connectivity index (χ0v) is 15.9. The SMILES string of the molecule is CC[C@H](C)NC(=O)c1cnc(-c2ccccc2)nc1N(C)c1ccccc1. The predicted molar refractivity (Wildman–Crippen MR) is 109 cm³/mol. The summed E-state index contributed by atoms with van der Waals surface area (Å²) < 4.78 is 0. The summed E-state index contributed by atoms with van der Waals surface area (Å²) in [5, 5.41) is 3.01. The lowest BCUT2D eigenvalue weighted by Gasteiger charge is -2.22. The highest BCUT2D eigenvalue weighted by Crippen LogP contribution is 2.27. The second-order valence-electron chi connectivity index (χ2n) is 6.47. The molecule has 0 aliphatic rings. The highest BCUT2D eigenvalue weighted by molar-refractivity contribution is 5.99. The smallest absolute Gasteiger partial charge is 0.256 e. The molecule has 1 amide bonds. The van der Waals surface area contributed by atoms with Crippen LogP contribution in [0.25, 0.3) is 11.4 Å². The Hall–Kier alpha value is -3.21. The van der Waals surface area contributed by atoms with Crippen LogP contribution in [0, 0.1) is 0 Å². The topological polar surface area (TPSA) is 58.1 Å². The van der Waals surface area contributed by atoms with Gasteiger partial charge in [0.25, 0.3) is 5.91 Å². The van der Waals surface area contributed by atoms with Gasteiger partial charge in [-0.05, 0) is 25.5 Å². The van der Waals surface area contributed by atoms with E-state index in [0.29, 0.717) is 17.2 Å². The van der Waals surface area contributed by atoms with Gasteiger partial charge in [-0.2, -0.15) is 0 Å². The number of anilines is 2. The molecule has 2 aromatic carbocycles. The van der Waals surface area contributed by atoms with Crippen molar-refractivity contribution in [3.05, 3.63) is 72.4 Å². The van der Waals surface area contributed by atoms with Crippen molar-refractivity contribution < 1.29 is 4.79 Å². The van der Waals surface area contributed by atoms with Crippen LogP contribution in [0.15, 0.2) is 66.9 Å². The van der Waals surface area contributed by atoms with Crippen molar-refractivity contribution in [3.63, 3.8) is 0 Å². The molecule has 5 heteroatoms. The first-order valence-corrected chi connectivity index (χ1v) is 9.12. The molecule has 0 spiro atoms. The predicted octanol–water partition coefficient (Wildman–Crippen LogP) is 4.44. The standard InChI is InChI=1S/C22H24N4O/c1-4-16(2)24-22(27)19-15-23-20(17-11-7-5-8-12-17)25-21(19)26(3)18-13-9-6-10-14-18/h5-16H,4H2,1-3H3,(H,24,27)/t16-/m0/s1. The van der Waals surface area contributed by atoms with Gasteiger partial charge in [0.1, 0.15) is 11.4 Å². The van der Waals surface area contributed by atoms with Gasteiger partial charge < -0.3 is 10.2 Å². The van der Waals surface area contributed by atoms with E-state index in [1.165, 1.54) is 0 Å². The molecule has 1 aromatic heterocycles. The van der Waals surface area contributed by atoms with E-state index < -0.39 is 0 Å². The third kappa shape index (κ3) is 4.31. The monoisotopic (exact) mass is 360 g/mol. The molecule has 5 nitrogen and oxygen atoms in total. The molecule has 1 N–H and O–H groups in total. The summed E-state index contributed by atoms with van der Waals surface area (Å²) in [6.45, 7) is 4.02. The van der Waals surface area contributed by atoms with Crippen LogP contribution >= 0.6 is 0 Å². The molecule has 0 saturated carbocycles. The Labute approximate surface area is 160 Å². The third-order valence-corrected chi connectivity index (χ3v) is 4.50. The van der Waals surface area contributed by atoms with Crippen LogP contribution in [-0.4, -0.2) is 29.0 Å². The van der Waals surface area contributed by atoms with Crippen molar-refractivity contribution in [2.45, 2.75) is 26.3 Å².